The lowest BCUT2D eigenvalue weighted by Crippen LogP contribution is -2.43. The average molecular weight is 333 g/mol. The fourth-order valence-electron chi connectivity index (χ4n) is 3.12. The Hall–Kier alpha value is -2.81. The number of phenolic OH excluding ortho intramolecular Hbond substituents is 1. The van der Waals surface area contributed by atoms with Gasteiger partial charge < -0.3 is 10.4 Å². The summed E-state index contributed by atoms with van der Waals surface area (Å²) in [5.74, 6) is -0.562. The van der Waals surface area contributed by atoms with Crippen LogP contribution in [0.1, 0.15) is 37.8 Å². The van der Waals surface area contributed by atoms with Gasteiger partial charge in [-0.3, -0.25) is 4.79 Å². The Morgan fingerprint density at radius 2 is 1.56 bits per heavy atom. The molecule has 1 atom stereocenters. The van der Waals surface area contributed by atoms with Crippen LogP contribution in [0.25, 0.3) is 10.8 Å². The highest BCUT2D eigenvalue weighted by Gasteiger charge is 2.29. The maximum absolute atomic E-state index is 13.1. The Morgan fingerprint density at radius 1 is 0.920 bits per heavy atom. The summed E-state index contributed by atoms with van der Waals surface area (Å²) in [5.41, 5.74) is 1.14. The first kappa shape index (κ1) is 17.0. The number of carbonyl (C=O) groups excluding carboxylic acids is 1. The SMILES string of the molecule is CC(C)(C)NC(=O)C(c1ccccc1)c1c(O)ccc2ccccc12. The number of fused-ring (bicyclic) bond motifs is 1. The number of benzene rings is 3. The molecule has 3 nitrogen and oxygen atoms in total. The molecule has 0 spiro atoms. The highest BCUT2D eigenvalue weighted by Crippen LogP contribution is 2.37. The first-order valence-electron chi connectivity index (χ1n) is 8.44. The molecule has 128 valence electrons. The number of phenols is 1. The summed E-state index contributed by atoms with van der Waals surface area (Å²) in [6, 6.07) is 20.9. The molecule has 3 heteroatoms. The fraction of sp³-hybridized carbons (Fsp3) is 0.227. The van der Waals surface area contributed by atoms with Crippen molar-refractivity contribution in [2.45, 2.75) is 32.2 Å². The van der Waals surface area contributed by atoms with Gasteiger partial charge in [0.1, 0.15) is 5.75 Å². The van der Waals surface area contributed by atoms with Gasteiger partial charge in [0, 0.05) is 11.1 Å². The molecule has 0 fully saturated rings. The highest BCUT2D eigenvalue weighted by atomic mass is 16.3. The molecule has 3 rings (SSSR count). The van der Waals surface area contributed by atoms with Crippen molar-refractivity contribution in [2.24, 2.45) is 0 Å². The van der Waals surface area contributed by atoms with Crippen LogP contribution >= 0.6 is 0 Å². The number of carbonyl (C=O) groups is 1. The lowest BCUT2D eigenvalue weighted by Gasteiger charge is -2.26. The maximum atomic E-state index is 13.1. The van der Waals surface area contributed by atoms with Gasteiger partial charge in [-0.05, 0) is 43.2 Å². The van der Waals surface area contributed by atoms with Crippen molar-refractivity contribution in [2.75, 3.05) is 0 Å². The zero-order chi connectivity index (χ0) is 18.0. The third-order valence-corrected chi connectivity index (χ3v) is 4.13. The zero-order valence-corrected chi connectivity index (χ0v) is 14.8. The molecule has 0 bridgehead atoms. The van der Waals surface area contributed by atoms with Crippen molar-refractivity contribution < 1.29 is 9.90 Å². The predicted molar refractivity (Wildman–Crippen MR) is 102 cm³/mol. The molecule has 0 saturated carbocycles. The lowest BCUT2D eigenvalue weighted by atomic mass is 9.86. The number of aromatic hydroxyl groups is 1. The topological polar surface area (TPSA) is 49.3 Å². The minimum Gasteiger partial charge on any atom is -0.508 e. The van der Waals surface area contributed by atoms with E-state index in [4.69, 9.17) is 0 Å². The molecule has 3 aromatic carbocycles. The smallest absolute Gasteiger partial charge is 0.232 e. The Kier molecular flexibility index (Phi) is 4.49. The highest BCUT2D eigenvalue weighted by molar-refractivity contribution is 5.97. The minimum absolute atomic E-state index is 0.120. The summed E-state index contributed by atoms with van der Waals surface area (Å²) in [7, 11) is 0. The number of amides is 1. The lowest BCUT2D eigenvalue weighted by molar-refractivity contribution is -0.123. The Bertz CT molecular complexity index is 895. The first-order chi connectivity index (χ1) is 11.9. The van der Waals surface area contributed by atoms with Crippen LogP contribution in [0.15, 0.2) is 66.7 Å². The molecular weight excluding hydrogens is 310 g/mol. The van der Waals surface area contributed by atoms with Crippen LogP contribution in [0.3, 0.4) is 0 Å². The van der Waals surface area contributed by atoms with Gasteiger partial charge in [-0.1, -0.05) is 60.7 Å². The third kappa shape index (κ3) is 3.66. The number of hydrogen-bond acceptors (Lipinski definition) is 2. The largest absolute Gasteiger partial charge is 0.508 e. The van der Waals surface area contributed by atoms with Gasteiger partial charge in [-0.2, -0.15) is 0 Å². The van der Waals surface area contributed by atoms with Gasteiger partial charge in [-0.15, -0.1) is 0 Å². The van der Waals surface area contributed by atoms with Crippen molar-refractivity contribution in [3.63, 3.8) is 0 Å². The van der Waals surface area contributed by atoms with Crippen LogP contribution in [0, 0.1) is 0 Å². The van der Waals surface area contributed by atoms with Gasteiger partial charge in [0.15, 0.2) is 0 Å². The number of nitrogens with one attached hydrogen (secondary N) is 1. The summed E-state index contributed by atoms with van der Waals surface area (Å²) < 4.78 is 0. The summed E-state index contributed by atoms with van der Waals surface area (Å²) in [6.45, 7) is 5.86. The number of rotatable bonds is 3. The standard InChI is InChI=1S/C22H23NO2/c1-22(2,3)23-21(25)19(16-10-5-4-6-11-16)20-17-12-8-7-9-15(17)13-14-18(20)24/h4-14,19,24H,1-3H3,(H,23,25). The number of hydrogen-bond donors (Lipinski definition) is 2. The molecule has 2 N–H and O–H groups in total. The van der Waals surface area contributed by atoms with Crippen LogP contribution in [0.5, 0.6) is 5.75 Å². The Balaban J connectivity index is 2.22. The zero-order valence-electron chi connectivity index (χ0n) is 14.8. The van der Waals surface area contributed by atoms with E-state index in [1.165, 1.54) is 0 Å². The van der Waals surface area contributed by atoms with Crippen LogP contribution in [-0.4, -0.2) is 16.6 Å². The second-order valence-corrected chi connectivity index (χ2v) is 7.30. The van der Waals surface area contributed by atoms with Gasteiger partial charge >= 0.3 is 0 Å². The van der Waals surface area contributed by atoms with Crippen LogP contribution in [-0.2, 0) is 4.79 Å². The van der Waals surface area contributed by atoms with E-state index in [-0.39, 0.29) is 17.2 Å². The second-order valence-electron chi connectivity index (χ2n) is 7.30. The molecule has 1 amide bonds. The minimum atomic E-state index is -0.577. The molecule has 0 aliphatic carbocycles. The quantitative estimate of drug-likeness (QED) is 0.736. The average Bonchev–Trinajstić information content (AvgIpc) is 2.56. The molecule has 0 aromatic heterocycles. The summed E-state index contributed by atoms with van der Waals surface area (Å²) >= 11 is 0. The van der Waals surface area contributed by atoms with E-state index in [0.29, 0.717) is 5.56 Å². The molecule has 3 aromatic rings. The predicted octanol–water partition coefficient (Wildman–Crippen LogP) is 4.59. The molecular formula is C22H23NO2. The van der Waals surface area contributed by atoms with E-state index in [1.807, 2.05) is 81.4 Å². The van der Waals surface area contributed by atoms with E-state index >= 15 is 0 Å². The molecule has 0 heterocycles. The monoisotopic (exact) mass is 333 g/mol. The van der Waals surface area contributed by atoms with Gasteiger partial charge in [0.05, 0.1) is 5.92 Å². The summed E-state index contributed by atoms with van der Waals surface area (Å²) in [5, 5.41) is 15.6. The van der Waals surface area contributed by atoms with Crippen LogP contribution in [0.4, 0.5) is 0 Å². The summed E-state index contributed by atoms with van der Waals surface area (Å²) in [6.07, 6.45) is 0. The van der Waals surface area contributed by atoms with Crippen LogP contribution in [0.2, 0.25) is 0 Å². The van der Waals surface area contributed by atoms with Crippen molar-refractivity contribution >= 4 is 16.7 Å². The van der Waals surface area contributed by atoms with Crippen LogP contribution < -0.4 is 5.32 Å². The maximum Gasteiger partial charge on any atom is 0.232 e. The molecule has 0 aliphatic rings. The Morgan fingerprint density at radius 3 is 2.24 bits per heavy atom. The van der Waals surface area contributed by atoms with Crippen molar-refractivity contribution in [3.8, 4) is 5.75 Å². The second kappa shape index (κ2) is 6.60. The van der Waals surface area contributed by atoms with Crippen molar-refractivity contribution in [1.82, 2.24) is 5.32 Å². The Labute approximate surface area is 148 Å². The van der Waals surface area contributed by atoms with Gasteiger partial charge in [-0.25, -0.2) is 0 Å². The molecule has 0 saturated heterocycles. The van der Waals surface area contributed by atoms with E-state index in [0.717, 1.165) is 16.3 Å². The van der Waals surface area contributed by atoms with Crippen molar-refractivity contribution in [1.29, 1.82) is 0 Å². The third-order valence-electron chi connectivity index (χ3n) is 4.13. The van der Waals surface area contributed by atoms with E-state index in [1.54, 1.807) is 6.07 Å². The van der Waals surface area contributed by atoms with Gasteiger partial charge in [0.25, 0.3) is 0 Å². The molecule has 0 aliphatic heterocycles. The molecule has 25 heavy (non-hydrogen) atoms. The van der Waals surface area contributed by atoms with Gasteiger partial charge in [0.2, 0.25) is 5.91 Å². The molecule has 0 radical (unpaired) electrons. The molecule has 1 unspecified atom stereocenters. The van der Waals surface area contributed by atoms with Crippen molar-refractivity contribution in [3.05, 3.63) is 77.9 Å². The normalized spacial score (nSPS) is 12.8. The summed E-state index contributed by atoms with van der Waals surface area (Å²) in [4.78, 5) is 13.1. The van der Waals surface area contributed by atoms with E-state index in [2.05, 4.69) is 5.32 Å². The fourth-order valence-corrected chi connectivity index (χ4v) is 3.12. The van der Waals surface area contributed by atoms with E-state index < -0.39 is 5.92 Å². The first-order valence-corrected chi connectivity index (χ1v) is 8.44. The van der Waals surface area contributed by atoms with E-state index in [9.17, 15) is 9.90 Å².